The molecule has 0 bridgehead atoms. The number of hydrogen-bond donors (Lipinski definition) is 1. The summed E-state index contributed by atoms with van der Waals surface area (Å²) in [4.78, 5) is 24.9. The fourth-order valence-corrected chi connectivity index (χ4v) is 2.67. The summed E-state index contributed by atoms with van der Waals surface area (Å²) in [5.41, 5.74) is 2.88. The summed E-state index contributed by atoms with van der Waals surface area (Å²) in [5.74, 6) is -0.0974. The zero-order chi connectivity index (χ0) is 20.8. The minimum absolute atomic E-state index is 0.181. The van der Waals surface area contributed by atoms with Gasteiger partial charge < -0.3 is 24.3 Å². The predicted molar refractivity (Wildman–Crippen MR) is 106 cm³/mol. The molecule has 28 heavy (non-hydrogen) atoms. The van der Waals surface area contributed by atoms with Gasteiger partial charge >= 0.3 is 5.97 Å². The molecule has 1 atom stereocenters. The summed E-state index contributed by atoms with van der Waals surface area (Å²) < 4.78 is 21.0. The lowest BCUT2D eigenvalue weighted by molar-refractivity contribution is -0.123. The second-order valence-electron chi connectivity index (χ2n) is 6.27. The van der Waals surface area contributed by atoms with Crippen LogP contribution in [0.4, 0.5) is 5.69 Å². The first-order chi connectivity index (χ1) is 13.3. The SMILES string of the molecule is COc1cc(C(=O)OC(C)C(=O)Nc2ccc(C)cc2C)cc(OC)c1OC. The van der Waals surface area contributed by atoms with Crippen molar-refractivity contribution in [2.24, 2.45) is 0 Å². The van der Waals surface area contributed by atoms with Crippen LogP contribution in [0.2, 0.25) is 0 Å². The van der Waals surface area contributed by atoms with Crippen molar-refractivity contribution in [3.63, 3.8) is 0 Å². The third kappa shape index (κ3) is 4.73. The highest BCUT2D eigenvalue weighted by Crippen LogP contribution is 2.38. The van der Waals surface area contributed by atoms with Crippen molar-refractivity contribution in [3.05, 3.63) is 47.0 Å². The number of methoxy groups -OCH3 is 3. The minimum atomic E-state index is -0.993. The van der Waals surface area contributed by atoms with Crippen molar-refractivity contribution in [1.82, 2.24) is 0 Å². The summed E-state index contributed by atoms with van der Waals surface area (Å²) >= 11 is 0. The minimum Gasteiger partial charge on any atom is -0.493 e. The maximum atomic E-state index is 12.5. The average Bonchev–Trinajstić information content (AvgIpc) is 2.68. The first-order valence-corrected chi connectivity index (χ1v) is 8.69. The number of carbonyl (C=O) groups excluding carboxylic acids is 2. The first-order valence-electron chi connectivity index (χ1n) is 8.69. The molecule has 150 valence electrons. The van der Waals surface area contributed by atoms with Gasteiger partial charge in [0.05, 0.1) is 26.9 Å². The summed E-state index contributed by atoms with van der Waals surface area (Å²) in [6.45, 7) is 5.38. The van der Waals surface area contributed by atoms with Gasteiger partial charge in [0.25, 0.3) is 5.91 Å². The van der Waals surface area contributed by atoms with Crippen LogP contribution in [0.5, 0.6) is 17.2 Å². The summed E-state index contributed by atoms with van der Waals surface area (Å²) in [6, 6.07) is 8.62. The summed E-state index contributed by atoms with van der Waals surface area (Å²) in [7, 11) is 4.37. The van der Waals surface area contributed by atoms with Crippen molar-refractivity contribution in [2.45, 2.75) is 26.9 Å². The lowest BCUT2D eigenvalue weighted by Crippen LogP contribution is -2.30. The van der Waals surface area contributed by atoms with Crippen LogP contribution < -0.4 is 19.5 Å². The Bertz CT molecular complexity index is 852. The van der Waals surface area contributed by atoms with Gasteiger partial charge in [-0.05, 0) is 44.5 Å². The number of amides is 1. The van der Waals surface area contributed by atoms with E-state index in [0.717, 1.165) is 11.1 Å². The van der Waals surface area contributed by atoms with Gasteiger partial charge in [-0.15, -0.1) is 0 Å². The number of esters is 1. The van der Waals surface area contributed by atoms with Crippen LogP contribution >= 0.6 is 0 Å². The van der Waals surface area contributed by atoms with E-state index in [9.17, 15) is 9.59 Å². The first kappa shape index (κ1) is 21.1. The molecule has 2 aromatic rings. The molecule has 2 aromatic carbocycles. The van der Waals surface area contributed by atoms with Crippen molar-refractivity contribution < 1.29 is 28.5 Å². The molecule has 0 spiro atoms. The molecule has 0 fully saturated rings. The number of anilines is 1. The monoisotopic (exact) mass is 387 g/mol. The maximum Gasteiger partial charge on any atom is 0.339 e. The van der Waals surface area contributed by atoms with E-state index in [1.165, 1.54) is 40.4 Å². The van der Waals surface area contributed by atoms with Gasteiger partial charge in [-0.1, -0.05) is 17.7 Å². The van der Waals surface area contributed by atoms with Crippen LogP contribution in [-0.2, 0) is 9.53 Å². The van der Waals surface area contributed by atoms with Crippen molar-refractivity contribution in [1.29, 1.82) is 0 Å². The van der Waals surface area contributed by atoms with E-state index in [1.54, 1.807) is 0 Å². The Labute approximate surface area is 164 Å². The Morgan fingerprint density at radius 2 is 1.54 bits per heavy atom. The molecule has 0 aliphatic heterocycles. The Morgan fingerprint density at radius 1 is 0.929 bits per heavy atom. The Hall–Kier alpha value is -3.22. The lowest BCUT2D eigenvalue weighted by atomic mass is 10.1. The number of benzene rings is 2. The second-order valence-corrected chi connectivity index (χ2v) is 6.27. The summed E-state index contributed by atoms with van der Waals surface area (Å²) in [5, 5.41) is 2.77. The highest BCUT2D eigenvalue weighted by atomic mass is 16.5. The number of hydrogen-bond acceptors (Lipinski definition) is 6. The topological polar surface area (TPSA) is 83.1 Å². The molecule has 1 unspecified atom stereocenters. The molecule has 0 aliphatic rings. The number of rotatable bonds is 7. The smallest absolute Gasteiger partial charge is 0.339 e. The molecule has 1 amide bonds. The van der Waals surface area contributed by atoms with E-state index in [4.69, 9.17) is 18.9 Å². The van der Waals surface area contributed by atoms with E-state index in [-0.39, 0.29) is 5.56 Å². The van der Waals surface area contributed by atoms with Crippen LogP contribution in [-0.4, -0.2) is 39.3 Å². The number of ether oxygens (including phenoxy) is 4. The highest BCUT2D eigenvalue weighted by molar-refractivity contribution is 5.98. The number of carbonyl (C=O) groups is 2. The molecular weight excluding hydrogens is 362 g/mol. The van der Waals surface area contributed by atoms with E-state index in [2.05, 4.69) is 5.32 Å². The summed E-state index contributed by atoms with van der Waals surface area (Å²) in [6.07, 6.45) is -0.993. The van der Waals surface area contributed by atoms with Gasteiger partial charge in [0.2, 0.25) is 5.75 Å². The maximum absolute atomic E-state index is 12.5. The van der Waals surface area contributed by atoms with Crippen molar-refractivity contribution >= 4 is 17.6 Å². The Balaban J connectivity index is 2.14. The Morgan fingerprint density at radius 3 is 2.04 bits per heavy atom. The Kier molecular flexibility index (Phi) is 6.87. The molecular formula is C21H25NO6. The van der Waals surface area contributed by atoms with Crippen molar-refractivity contribution in [3.8, 4) is 17.2 Å². The van der Waals surface area contributed by atoms with Gasteiger partial charge in [-0.3, -0.25) is 4.79 Å². The molecule has 2 rings (SSSR count). The molecule has 1 N–H and O–H groups in total. The van der Waals surface area contributed by atoms with Crippen LogP contribution in [0.15, 0.2) is 30.3 Å². The zero-order valence-corrected chi connectivity index (χ0v) is 16.9. The standard InChI is InChI=1S/C21H25NO6/c1-12-7-8-16(13(2)9-12)22-20(23)14(3)28-21(24)15-10-17(25-4)19(27-6)18(11-15)26-5/h7-11,14H,1-6H3,(H,22,23). The lowest BCUT2D eigenvalue weighted by Gasteiger charge is -2.17. The highest BCUT2D eigenvalue weighted by Gasteiger charge is 2.22. The van der Waals surface area contributed by atoms with Crippen LogP contribution in [0.1, 0.15) is 28.4 Å². The second kappa shape index (κ2) is 9.12. The third-order valence-electron chi connectivity index (χ3n) is 4.19. The largest absolute Gasteiger partial charge is 0.493 e. The molecule has 0 radical (unpaired) electrons. The van der Waals surface area contributed by atoms with E-state index >= 15 is 0 Å². The molecule has 0 aliphatic carbocycles. The van der Waals surface area contributed by atoms with E-state index < -0.39 is 18.0 Å². The molecule has 0 saturated carbocycles. The van der Waals surface area contributed by atoms with E-state index in [0.29, 0.717) is 22.9 Å². The molecule has 0 heterocycles. The van der Waals surface area contributed by atoms with Crippen molar-refractivity contribution in [2.75, 3.05) is 26.6 Å². The number of nitrogens with one attached hydrogen (secondary N) is 1. The third-order valence-corrected chi connectivity index (χ3v) is 4.19. The molecule has 0 saturated heterocycles. The van der Waals surface area contributed by atoms with Gasteiger partial charge in [-0.2, -0.15) is 0 Å². The van der Waals surface area contributed by atoms with Gasteiger partial charge in [-0.25, -0.2) is 4.79 Å². The van der Waals surface area contributed by atoms with Crippen LogP contribution in [0, 0.1) is 13.8 Å². The molecule has 7 heteroatoms. The normalized spacial score (nSPS) is 11.4. The van der Waals surface area contributed by atoms with Crippen LogP contribution in [0.3, 0.4) is 0 Å². The zero-order valence-electron chi connectivity index (χ0n) is 16.9. The van der Waals surface area contributed by atoms with E-state index in [1.807, 2.05) is 32.0 Å². The molecule has 7 nitrogen and oxygen atoms in total. The van der Waals surface area contributed by atoms with Gasteiger partial charge in [0.1, 0.15) is 0 Å². The van der Waals surface area contributed by atoms with Crippen LogP contribution in [0.25, 0.3) is 0 Å². The predicted octanol–water partition coefficient (Wildman–Crippen LogP) is 3.51. The van der Waals surface area contributed by atoms with Gasteiger partial charge in [0.15, 0.2) is 17.6 Å². The van der Waals surface area contributed by atoms with Gasteiger partial charge in [0, 0.05) is 5.69 Å². The quantitative estimate of drug-likeness (QED) is 0.732. The average molecular weight is 387 g/mol. The fourth-order valence-electron chi connectivity index (χ4n) is 2.67. The molecule has 0 aromatic heterocycles. The fraction of sp³-hybridized carbons (Fsp3) is 0.333. The number of aryl methyl sites for hydroxylation is 2.